The molecule has 0 fully saturated rings. The van der Waals surface area contributed by atoms with Gasteiger partial charge < -0.3 is 20.3 Å². The number of para-hydroxylation sites is 1. The minimum absolute atomic E-state index is 0.271. The van der Waals surface area contributed by atoms with Gasteiger partial charge in [0.05, 0.1) is 23.3 Å². The Morgan fingerprint density at radius 3 is 2.79 bits per heavy atom. The summed E-state index contributed by atoms with van der Waals surface area (Å²) >= 11 is 0. The van der Waals surface area contributed by atoms with E-state index < -0.39 is 5.91 Å². The number of amides is 1. The van der Waals surface area contributed by atoms with E-state index >= 15 is 0 Å². The molecule has 1 amide bonds. The Morgan fingerprint density at radius 2 is 1.97 bits per heavy atom. The van der Waals surface area contributed by atoms with Gasteiger partial charge in [0.15, 0.2) is 28.7 Å². The van der Waals surface area contributed by atoms with E-state index in [0.717, 1.165) is 11.3 Å². The molecule has 0 aliphatic carbocycles. The molecule has 144 valence electrons. The number of hydrogen-bond donors (Lipinski definition) is 2. The van der Waals surface area contributed by atoms with Crippen LogP contribution >= 0.6 is 0 Å². The van der Waals surface area contributed by atoms with E-state index in [1.165, 1.54) is 0 Å². The lowest BCUT2D eigenvalue weighted by molar-refractivity contribution is 0.100. The number of nitrogens with zero attached hydrogens (tertiary/aromatic N) is 3. The number of hydrogen-bond acceptors (Lipinski definition) is 7. The van der Waals surface area contributed by atoms with Crippen LogP contribution in [0, 0.1) is 0 Å². The SMILES string of the molecule is NC(=O)c1cccc2c(-c3nc4c(c(NCc5ccccc5)n3)OCC4)noc12. The van der Waals surface area contributed by atoms with Crippen LogP contribution in [-0.4, -0.2) is 27.6 Å². The Hall–Kier alpha value is -3.94. The van der Waals surface area contributed by atoms with Gasteiger partial charge in [-0.15, -0.1) is 0 Å². The highest BCUT2D eigenvalue weighted by molar-refractivity contribution is 6.06. The zero-order valence-electron chi connectivity index (χ0n) is 15.4. The molecule has 8 nitrogen and oxygen atoms in total. The first-order valence-corrected chi connectivity index (χ1v) is 9.21. The highest BCUT2D eigenvalue weighted by Crippen LogP contribution is 2.35. The van der Waals surface area contributed by atoms with E-state index in [0.29, 0.717) is 53.6 Å². The molecule has 0 saturated carbocycles. The predicted molar refractivity (Wildman–Crippen MR) is 107 cm³/mol. The van der Waals surface area contributed by atoms with Gasteiger partial charge in [-0.05, 0) is 17.7 Å². The lowest BCUT2D eigenvalue weighted by atomic mass is 10.1. The van der Waals surface area contributed by atoms with E-state index in [1.807, 2.05) is 30.3 Å². The third-order valence-electron chi connectivity index (χ3n) is 4.80. The molecule has 8 heteroatoms. The summed E-state index contributed by atoms with van der Waals surface area (Å²) in [5.74, 6) is 1.10. The van der Waals surface area contributed by atoms with Crippen LogP contribution in [0.4, 0.5) is 5.82 Å². The molecule has 2 aromatic carbocycles. The van der Waals surface area contributed by atoms with Crippen molar-refractivity contribution in [1.82, 2.24) is 15.1 Å². The Balaban J connectivity index is 1.57. The number of nitrogens with two attached hydrogens (primary N) is 1. The van der Waals surface area contributed by atoms with Crippen molar-refractivity contribution < 1.29 is 14.1 Å². The average molecular weight is 387 g/mol. The van der Waals surface area contributed by atoms with Crippen molar-refractivity contribution in [3.05, 3.63) is 65.4 Å². The molecular formula is C21H17N5O3. The molecule has 3 N–H and O–H groups in total. The third-order valence-corrected chi connectivity index (χ3v) is 4.80. The van der Waals surface area contributed by atoms with E-state index in [-0.39, 0.29) is 5.56 Å². The van der Waals surface area contributed by atoms with Gasteiger partial charge in [0.2, 0.25) is 0 Å². The third kappa shape index (κ3) is 3.04. The molecular weight excluding hydrogens is 370 g/mol. The Labute approximate surface area is 165 Å². The molecule has 0 unspecified atom stereocenters. The molecule has 0 bridgehead atoms. The average Bonchev–Trinajstić information content (AvgIpc) is 3.39. The van der Waals surface area contributed by atoms with Crippen molar-refractivity contribution in [2.75, 3.05) is 11.9 Å². The largest absolute Gasteiger partial charge is 0.487 e. The topological polar surface area (TPSA) is 116 Å². The number of aromatic nitrogens is 3. The summed E-state index contributed by atoms with van der Waals surface area (Å²) < 4.78 is 11.1. The summed E-state index contributed by atoms with van der Waals surface area (Å²) in [4.78, 5) is 20.9. The summed E-state index contributed by atoms with van der Waals surface area (Å²) in [6.07, 6.45) is 0.688. The highest BCUT2D eigenvalue weighted by atomic mass is 16.5. The zero-order valence-corrected chi connectivity index (χ0v) is 15.4. The number of fused-ring (bicyclic) bond motifs is 2. The minimum Gasteiger partial charge on any atom is -0.487 e. The van der Waals surface area contributed by atoms with Crippen LogP contribution < -0.4 is 15.8 Å². The monoisotopic (exact) mass is 387 g/mol. The van der Waals surface area contributed by atoms with Crippen LogP contribution in [0.5, 0.6) is 5.75 Å². The van der Waals surface area contributed by atoms with Crippen LogP contribution in [0.1, 0.15) is 21.6 Å². The number of carbonyl (C=O) groups excluding carboxylic acids is 1. The summed E-state index contributed by atoms with van der Waals surface area (Å²) in [6, 6.07) is 15.2. The molecule has 1 aliphatic heterocycles. The quantitative estimate of drug-likeness (QED) is 0.541. The molecule has 0 spiro atoms. The molecule has 5 rings (SSSR count). The van der Waals surface area contributed by atoms with Gasteiger partial charge in [-0.2, -0.15) is 0 Å². The minimum atomic E-state index is -0.577. The van der Waals surface area contributed by atoms with E-state index in [2.05, 4.69) is 20.4 Å². The second-order valence-electron chi connectivity index (χ2n) is 6.69. The maximum Gasteiger partial charge on any atom is 0.252 e. The van der Waals surface area contributed by atoms with Crippen LogP contribution in [0.25, 0.3) is 22.5 Å². The van der Waals surface area contributed by atoms with Crippen molar-refractivity contribution in [2.24, 2.45) is 5.73 Å². The molecule has 0 saturated heterocycles. The number of ether oxygens (including phenoxy) is 1. The first kappa shape index (κ1) is 17.2. The molecule has 3 heterocycles. The second kappa shape index (κ2) is 6.90. The van der Waals surface area contributed by atoms with Gasteiger partial charge in [0.25, 0.3) is 5.91 Å². The molecule has 0 atom stereocenters. The van der Waals surface area contributed by atoms with E-state index in [9.17, 15) is 4.79 Å². The van der Waals surface area contributed by atoms with Crippen molar-refractivity contribution in [2.45, 2.75) is 13.0 Å². The highest BCUT2D eigenvalue weighted by Gasteiger charge is 2.24. The van der Waals surface area contributed by atoms with E-state index in [4.69, 9.17) is 15.0 Å². The number of rotatable bonds is 5. The lowest BCUT2D eigenvalue weighted by Crippen LogP contribution is -2.10. The first-order valence-electron chi connectivity index (χ1n) is 9.21. The van der Waals surface area contributed by atoms with Gasteiger partial charge >= 0.3 is 0 Å². The number of anilines is 1. The molecule has 29 heavy (non-hydrogen) atoms. The molecule has 2 aromatic heterocycles. The molecule has 4 aromatic rings. The van der Waals surface area contributed by atoms with Gasteiger partial charge in [-0.25, -0.2) is 9.97 Å². The van der Waals surface area contributed by atoms with Gasteiger partial charge in [0, 0.05) is 13.0 Å². The maximum absolute atomic E-state index is 11.7. The fourth-order valence-electron chi connectivity index (χ4n) is 3.39. The van der Waals surface area contributed by atoms with Crippen molar-refractivity contribution in [3.8, 4) is 17.3 Å². The fraction of sp³-hybridized carbons (Fsp3) is 0.143. The standard InChI is InChI=1S/C21H17N5O3/c22-19(27)14-8-4-7-13-16(26-29-17(13)14)20-24-15-9-10-28-18(15)21(25-20)23-11-12-5-2-1-3-6-12/h1-8H,9-11H2,(H2,22,27)(H,23,24,25). The van der Waals surface area contributed by atoms with Crippen LogP contribution in [0.15, 0.2) is 53.1 Å². The summed E-state index contributed by atoms with van der Waals surface area (Å²) in [5.41, 5.74) is 8.43. The van der Waals surface area contributed by atoms with Crippen molar-refractivity contribution >= 4 is 22.7 Å². The fourth-order valence-corrected chi connectivity index (χ4v) is 3.39. The van der Waals surface area contributed by atoms with Gasteiger partial charge in [0.1, 0.15) is 0 Å². The Kier molecular flexibility index (Phi) is 4.09. The van der Waals surface area contributed by atoms with Crippen LogP contribution in [0.3, 0.4) is 0 Å². The number of carbonyl (C=O) groups is 1. The van der Waals surface area contributed by atoms with Crippen molar-refractivity contribution in [1.29, 1.82) is 0 Å². The van der Waals surface area contributed by atoms with Crippen LogP contribution in [-0.2, 0) is 13.0 Å². The maximum atomic E-state index is 11.7. The van der Waals surface area contributed by atoms with Crippen LogP contribution in [0.2, 0.25) is 0 Å². The lowest BCUT2D eigenvalue weighted by Gasteiger charge is -2.11. The zero-order chi connectivity index (χ0) is 19.8. The second-order valence-corrected chi connectivity index (χ2v) is 6.69. The van der Waals surface area contributed by atoms with Crippen molar-refractivity contribution in [3.63, 3.8) is 0 Å². The van der Waals surface area contributed by atoms with Gasteiger partial charge in [-0.3, -0.25) is 4.79 Å². The first-order chi connectivity index (χ1) is 14.2. The smallest absolute Gasteiger partial charge is 0.252 e. The summed E-state index contributed by atoms with van der Waals surface area (Å²) in [6.45, 7) is 1.15. The van der Waals surface area contributed by atoms with Gasteiger partial charge in [-0.1, -0.05) is 41.6 Å². The molecule has 1 aliphatic rings. The Morgan fingerprint density at radius 1 is 1.10 bits per heavy atom. The number of nitrogens with one attached hydrogen (secondary N) is 1. The predicted octanol–water partition coefficient (Wildman–Crippen LogP) is 2.93. The summed E-state index contributed by atoms with van der Waals surface area (Å²) in [7, 11) is 0. The normalized spacial score (nSPS) is 12.6. The number of benzene rings is 2. The molecule has 0 radical (unpaired) electrons. The Bertz CT molecular complexity index is 1220. The van der Waals surface area contributed by atoms with E-state index in [1.54, 1.807) is 18.2 Å². The summed E-state index contributed by atoms with van der Waals surface area (Å²) in [5, 5.41) is 8.08. The number of primary amides is 1.